The van der Waals surface area contributed by atoms with E-state index in [1.165, 1.54) is 32.4 Å². The minimum Gasteiger partial charge on any atom is -0.489 e. The minimum atomic E-state index is -3.72. The predicted octanol–water partition coefficient (Wildman–Crippen LogP) is 1.62. The van der Waals surface area contributed by atoms with Crippen LogP contribution in [0.1, 0.15) is 19.5 Å². The van der Waals surface area contributed by atoms with Crippen molar-refractivity contribution in [3.05, 3.63) is 42.4 Å². The Kier molecular flexibility index (Phi) is 7.00. The van der Waals surface area contributed by atoms with Crippen LogP contribution in [0.3, 0.4) is 0 Å². The van der Waals surface area contributed by atoms with Crippen LogP contribution in [0, 0.1) is 0 Å². The molecule has 2 aromatic rings. The Morgan fingerprint density at radius 3 is 2.54 bits per heavy atom. The van der Waals surface area contributed by atoms with E-state index in [0.717, 1.165) is 4.31 Å². The van der Waals surface area contributed by atoms with Crippen molar-refractivity contribution in [2.75, 3.05) is 19.4 Å². The van der Waals surface area contributed by atoms with Gasteiger partial charge in [0.15, 0.2) is 16.8 Å². The number of thiocarbonyl (C=S) groups is 1. The number of hydrogen-bond donors (Lipinski definition) is 2. The predicted molar refractivity (Wildman–Crippen MR) is 112 cm³/mol. The molecule has 0 atom stereocenters. The second-order valence-electron chi connectivity index (χ2n) is 6.08. The van der Waals surface area contributed by atoms with Crippen LogP contribution >= 0.6 is 12.2 Å². The van der Waals surface area contributed by atoms with Crippen molar-refractivity contribution in [1.82, 2.24) is 14.3 Å². The number of anilines is 1. The molecule has 0 bridgehead atoms. The third-order valence-electron chi connectivity index (χ3n) is 3.35. The summed E-state index contributed by atoms with van der Waals surface area (Å²) < 4.78 is 31.6. The largest absolute Gasteiger partial charge is 0.489 e. The summed E-state index contributed by atoms with van der Waals surface area (Å²) in [5.41, 5.74) is 6.37. The lowest BCUT2D eigenvalue weighted by atomic mass is 10.3. The van der Waals surface area contributed by atoms with Crippen molar-refractivity contribution in [1.29, 1.82) is 0 Å². The lowest BCUT2D eigenvalue weighted by Crippen LogP contribution is -2.25. The molecule has 150 valence electrons. The molecule has 0 saturated heterocycles. The molecular formula is C17H22N6O3S2. The average molecular weight is 423 g/mol. The van der Waals surface area contributed by atoms with Gasteiger partial charge >= 0.3 is 0 Å². The zero-order valence-electron chi connectivity index (χ0n) is 15.9. The van der Waals surface area contributed by atoms with Crippen molar-refractivity contribution in [3.63, 3.8) is 0 Å². The van der Waals surface area contributed by atoms with Gasteiger partial charge in [-0.05, 0) is 50.3 Å². The first kappa shape index (κ1) is 21.7. The number of nitrogens with one attached hydrogen (secondary N) is 1. The molecule has 0 aromatic carbocycles. The first-order chi connectivity index (χ1) is 13.1. The van der Waals surface area contributed by atoms with Crippen LogP contribution in [0.15, 0.2) is 46.5 Å². The Labute approximate surface area is 169 Å². The molecule has 0 aliphatic heterocycles. The highest BCUT2D eigenvalue weighted by molar-refractivity contribution is 7.89. The number of amidine groups is 1. The zero-order valence-corrected chi connectivity index (χ0v) is 17.6. The van der Waals surface area contributed by atoms with E-state index in [4.69, 9.17) is 22.7 Å². The molecule has 0 unspecified atom stereocenters. The summed E-state index contributed by atoms with van der Waals surface area (Å²) in [5.74, 6) is 0.550. The number of rotatable bonds is 6. The van der Waals surface area contributed by atoms with Gasteiger partial charge in [0.25, 0.3) is 0 Å². The van der Waals surface area contributed by atoms with E-state index in [-0.39, 0.29) is 27.8 Å². The van der Waals surface area contributed by atoms with Crippen LogP contribution in [0.5, 0.6) is 5.75 Å². The molecule has 0 radical (unpaired) electrons. The first-order valence-electron chi connectivity index (χ1n) is 8.27. The molecule has 2 rings (SSSR count). The van der Waals surface area contributed by atoms with Crippen molar-refractivity contribution in [3.8, 4) is 5.75 Å². The first-order valence-corrected chi connectivity index (χ1v) is 10.1. The Bertz CT molecular complexity index is 990. The molecule has 0 amide bonds. The van der Waals surface area contributed by atoms with E-state index in [1.807, 2.05) is 13.8 Å². The maximum atomic E-state index is 12.4. The number of pyridine rings is 2. The number of ether oxygens (including phenoxy) is 1. The average Bonchev–Trinajstić information content (AvgIpc) is 2.61. The molecule has 0 saturated carbocycles. The Balaban J connectivity index is 2.31. The second-order valence-corrected chi connectivity index (χ2v) is 8.59. The molecule has 2 aromatic heterocycles. The number of hydrogen-bond acceptors (Lipinski definition) is 6. The number of nitrogens with two attached hydrogens (primary N) is 1. The third kappa shape index (κ3) is 5.21. The molecule has 0 spiro atoms. The van der Waals surface area contributed by atoms with Crippen LogP contribution in [-0.4, -0.2) is 53.8 Å². The van der Waals surface area contributed by atoms with Gasteiger partial charge in [0.05, 0.1) is 6.10 Å². The molecule has 28 heavy (non-hydrogen) atoms. The van der Waals surface area contributed by atoms with Crippen LogP contribution in [0.25, 0.3) is 0 Å². The summed E-state index contributed by atoms with van der Waals surface area (Å²) in [7, 11) is -0.860. The van der Waals surface area contributed by atoms with Gasteiger partial charge in [-0.15, -0.1) is 0 Å². The van der Waals surface area contributed by atoms with Gasteiger partial charge in [-0.3, -0.25) is 0 Å². The monoisotopic (exact) mass is 422 g/mol. The number of aliphatic imine (C=N–C) groups is 1. The maximum absolute atomic E-state index is 12.4. The van der Waals surface area contributed by atoms with E-state index in [2.05, 4.69) is 20.3 Å². The van der Waals surface area contributed by atoms with Gasteiger partial charge in [-0.1, -0.05) is 0 Å². The Morgan fingerprint density at radius 2 is 1.89 bits per heavy atom. The van der Waals surface area contributed by atoms with Gasteiger partial charge in [-0.25, -0.2) is 27.7 Å². The van der Waals surface area contributed by atoms with E-state index in [1.54, 1.807) is 18.3 Å². The number of sulfonamides is 1. The molecular weight excluding hydrogens is 400 g/mol. The standard InChI is InChI=1S/C17H22N6O3S2/c1-11(2)26-12-7-5-9-19-14(12)15(18)21-17(27)22-16-13(8-6-10-20-16)28(24,25)23(3)4/h5-11H,1-4H3,(H3,18,20,21,22,27). The second kappa shape index (κ2) is 9.04. The van der Waals surface area contributed by atoms with E-state index in [9.17, 15) is 8.42 Å². The van der Waals surface area contributed by atoms with Gasteiger partial charge in [-0.2, -0.15) is 0 Å². The molecule has 0 aliphatic carbocycles. The lowest BCUT2D eigenvalue weighted by Gasteiger charge is -2.15. The fraction of sp³-hybridized carbons (Fsp3) is 0.294. The van der Waals surface area contributed by atoms with Gasteiger partial charge < -0.3 is 15.8 Å². The summed E-state index contributed by atoms with van der Waals surface area (Å²) in [6.45, 7) is 3.76. The molecule has 3 N–H and O–H groups in total. The smallest absolute Gasteiger partial charge is 0.246 e. The topological polar surface area (TPSA) is 123 Å². The molecule has 2 heterocycles. The fourth-order valence-electron chi connectivity index (χ4n) is 2.11. The van der Waals surface area contributed by atoms with Crippen molar-refractivity contribution < 1.29 is 13.2 Å². The summed E-state index contributed by atoms with van der Waals surface area (Å²) in [6, 6.07) is 6.39. The van der Waals surface area contributed by atoms with Gasteiger partial charge in [0.2, 0.25) is 10.0 Å². The Morgan fingerprint density at radius 1 is 1.25 bits per heavy atom. The molecule has 0 fully saturated rings. The minimum absolute atomic E-state index is 0.0293. The third-order valence-corrected chi connectivity index (χ3v) is 5.39. The number of nitrogens with zero attached hydrogens (tertiary/aromatic N) is 4. The summed E-state index contributed by atoms with van der Waals surface area (Å²) in [4.78, 5) is 12.3. The van der Waals surface area contributed by atoms with Gasteiger partial charge in [0.1, 0.15) is 16.3 Å². The van der Waals surface area contributed by atoms with Crippen LogP contribution in [0.2, 0.25) is 0 Å². The van der Waals surface area contributed by atoms with Crippen molar-refractivity contribution in [2.45, 2.75) is 24.8 Å². The highest BCUT2D eigenvalue weighted by Gasteiger charge is 2.22. The van der Waals surface area contributed by atoms with Crippen LogP contribution in [0.4, 0.5) is 5.82 Å². The van der Waals surface area contributed by atoms with Crippen LogP contribution < -0.4 is 15.8 Å². The molecule has 0 aliphatic rings. The number of aromatic nitrogens is 2. The SMILES string of the molecule is CC(C)Oc1cccnc1C(N)=NC(=S)Nc1ncccc1S(=O)(=O)N(C)C. The summed E-state index contributed by atoms with van der Waals surface area (Å²) in [5, 5.41) is 2.65. The van der Waals surface area contributed by atoms with Crippen LogP contribution in [-0.2, 0) is 10.0 Å². The Hall–Kier alpha value is -2.63. The van der Waals surface area contributed by atoms with Crippen molar-refractivity contribution >= 4 is 39.0 Å². The van der Waals surface area contributed by atoms with E-state index in [0.29, 0.717) is 11.4 Å². The lowest BCUT2D eigenvalue weighted by molar-refractivity contribution is 0.241. The van der Waals surface area contributed by atoms with Crippen molar-refractivity contribution in [2.24, 2.45) is 10.7 Å². The fourth-order valence-corrected chi connectivity index (χ4v) is 3.30. The molecule has 11 heteroatoms. The quantitative estimate of drug-likeness (QED) is 0.409. The zero-order chi connectivity index (χ0) is 20.9. The van der Waals surface area contributed by atoms with E-state index >= 15 is 0 Å². The maximum Gasteiger partial charge on any atom is 0.246 e. The van der Waals surface area contributed by atoms with Gasteiger partial charge in [0, 0.05) is 26.5 Å². The summed E-state index contributed by atoms with van der Waals surface area (Å²) in [6.07, 6.45) is 2.93. The molecule has 9 nitrogen and oxygen atoms in total. The normalized spacial score (nSPS) is 12.3. The highest BCUT2D eigenvalue weighted by atomic mass is 32.2. The highest BCUT2D eigenvalue weighted by Crippen LogP contribution is 2.21. The summed E-state index contributed by atoms with van der Waals surface area (Å²) >= 11 is 5.20. The van der Waals surface area contributed by atoms with E-state index < -0.39 is 10.0 Å².